The van der Waals surface area contributed by atoms with E-state index in [0.29, 0.717) is 5.88 Å². The highest BCUT2D eigenvalue weighted by Gasteiger charge is 2.03. The number of pyridine rings is 1. The van der Waals surface area contributed by atoms with Crippen molar-refractivity contribution in [3.63, 3.8) is 0 Å². The molecule has 3 heteroatoms. The fourth-order valence-corrected chi connectivity index (χ4v) is 1.97. The monoisotopic (exact) mass is 236 g/mol. The lowest BCUT2D eigenvalue weighted by Gasteiger charge is -2.20. The quantitative estimate of drug-likeness (QED) is 0.694. The van der Waals surface area contributed by atoms with E-state index in [2.05, 4.69) is 29.8 Å². The highest BCUT2D eigenvalue weighted by atomic mass is 16.5. The van der Waals surface area contributed by atoms with Crippen LogP contribution in [0.3, 0.4) is 0 Å². The van der Waals surface area contributed by atoms with Crippen LogP contribution in [0.5, 0.6) is 5.88 Å². The SMILES string of the molecule is CCCN(CCC)CCc1ccnc(OC)c1. The molecule has 0 saturated heterocycles. The molecule has 0 aromatic carbocycles. The van der Waals surface area contributed by atoms with E-state index in [0.717, 1.165) is 13.0 Å². The first-order valence-corrected chi connectivity index (χ1v) is 6.51. The molecule has 0 bridgehead atoms. The molecule has 0 N–H and O–H groups in total. The maximum Gasteiger partial charge on any atom is 0.213 e. The average molecular weight is 236 g/mol. The lowest BCUT2D eigenvalue weighted by Crippen LogP contribution is -2.27. The molecule has 0 amide bonds. The second-order valence-electron chi connectivity index (χ2n) is 4.30. The standard InChI is InChI=1S/C14H24N2O/c1-4-9-16(10-5-2)11-7-13-6-8-15-14(12-13)17-3/h6,8,12H,4-5,7,9-11H2,1-3H3. The Morgan fingerprint density at radius 3 is 2.47 bits per heavy atom. The van der Waals surface area contributed by atoms with E-state index >= 15 is 0 Å². The molecule has 1 aromatic rings. The molecule has 1 rings (SSSR count). The van der Waals surface area contributed by atoms with E-state index in [4.69, 9.17) is 4.74 Å². The van der Waals surface area contributed by atoms with Crippen molar-refractivity contribution < 1.29 is 4.74 Å². The molecule has 0 atom stereocenters. The van der Waals surface area contributed by atoms with Gasteiger partial charge in [-0.3, -0.25) is 0 Å². The minimum Gasteiger partial charge on any atom is -0.481 e. The largest absolute Gasteiger partial charge is 0.481 e. The van der Waals surface area contributed by atoms with Crippen molar-refractivity contribution in [2.24, 2.45) is 0 Å². The van der Waals surface area contributed by atoms with Gasteiger partial charge in [0.15, 0.2) is 0 Å². The van der Waals surface area contributed by atoms with Gasteiger partial charge in [-0.15, -0.1) is 0 Å². The normalized spacial score (nSPS) is 10.8. The molecule has 96 valence electrons. The molecule has 0 fully saturated rings. The molecule has 0 aliphatic carbocycles. The summed E-state index contributed by atoms with van der Waals surface area (Å²) in [6.07, 6.45) is 5.33. The zero-order valence-corrected chi connectivity index (χ0v) is 11.3. The minimum atomic E-state index is 0.708. The Hall–Kier alpha value is -1.09. The van der Waals surface area contributed by atoms with Crippen LogP contribution in [0.2, 0.25) is 0 Å². The van der Waals surface area contributed by atoms with Crippen molar-refractivity contribution in [2.45, 2.75) is 33.1 Å². The number of hydrogen-bond donors (Lipinski definition) is 0. The van der Waals surface area contributed by atoms with Crippen LogP contribution < -0.4 is 4.74 Å². The Morgan fingerprint density at radius 2 is 1.88 bits per heavy atom. The molecule has 3 nitrogen and oxygen atoms in total. The van der Waals surface area contributed by atoms with Crippen LogP contribution in [-0.2, 0) is 6.42 Å². The maximum absolute atomic E-state index is 5.13. The predicted molar refractivity (Wildman–Crippen MR) is 71.5 cm³/mol. The third kappa shape index (κ3) is 5.18. The Balaban J connectivity index is 2.46. The summed E-state index contributed by atoms with van der Waals surface area (Å²) in [6, 6.07) is 4.09. The number of aromatic nitrogens is 1. The van der Waals surface area contributed by atoms with E-state index in [1.807, 2.05) is 12.3 Å². The fourth-order valence-electron chi connectivity index (χ4n) is 1.97. The summed E-state index contributed by atoms with van der Waals surface area (Å²) in [6.45, 7) is 7.97. The maximum atomic E-state index is 5.13. The van der Waals surface area contributed by atoms with Crippen LogP contribution in [0.25, 0.3) is 0 Å². The topological polar surface area (TPSA) is 25.4 Å². The van der Waals surface area contributed by atoms with Gasteiger partial charge in [-0.05, 0) is 44.0 Å². The number of nitrogens with zero attached hydrogens (tertiary/aromatic N) is 2. The second-order valence-corrected chi connectivity index (χ2v) is 4.30. The van der Waals surface area contributed by atoms with E-state index in [-0.39, 0.29) is 0 Å². The average Bonchev–Trinajstić information content (AvgIpc) is 2.37. The summed E-state index contributed by atoms with van der Waals surface area (Å²) in [5, 5.41) is 0. The van der Waals surface area contributed by atoms with Crippen LogP contribution in [0.4, 0.5) is 0 Å². The first-order valence-electron chi connectivity index (χ1n) is 6.51. The molecule has 17 heavy (non-hydrogen) atoms. The van der Waals surface area contributed by atoms with E-state index in [1.54, 1.807) is 7.11 Å². The molecule has 0 radical (unpaired) electrons. The van der Waals surface area contributed by atoms with Gasteiger partial charge in [0.05, 0.1) is 7.11 Å². The first kappa shape index (κ1) is 14.0. The molecule has 1 aromatic heterocycles. The lowest BCUT2D eigenvalue weighted by atomic mass is 10.2. The highest BCUT2D eigenvalue weighted by Crippen LogP contribution is 2.09. The van der Waals surface area contributed by atoms with Gasteiger partial charge in [0.1, 0.15) is 0 Å². The summed E-state index contributed by atoms with van der Waals surface area (Å²) in [7, 11) is 1.66. The molecule has 0 unspecified atom stereocenters. The van der Waals surface area contributed by atoms with Crippen molar-refractivity contribution in [3.8, 4) is 5.88 Å². The van der Waals surface area contributed by atoms with Crippen molar-refractivity contribution in [3.05, 3.63) is 23.9 Å². The zero-order valence-electron chi connectivity index (χ0n) is 11.3. The van der Waals surface area contributed by atoms with Gasteiger partial charge >= 0.3 is 0 Å². The van der Waals surface area contributed by atoms with E-state index in [9.17, 15) is 0 Å². The molecular formula is C14H24N2O. The Bertz CT molecular complexity index is 309. The lowest BCUT2D eigenvalue weighted by molar-refractivity contribution is 0.278. The smallest absolute Gasteiger partial charge is 0.213 e. The summed E-state index contributed by atoms with van der Waals surface area (Å²) in [4.78, 5) is 6.64. The zero-order chi connectivity index (χ0) is 12.5. The van der Waals surface area contributed by atoms with E-state index < -0.39 is 0 Å². The molecule has 0 aliphatic heterocycles. The first-order chi connectivity index (χ1) is 8.30. The van der Waals surface area contributed by atoms with Crippen LogP contribution in [-0.4, -0.2) is 36.6 Å². The summed E-state index contributed by atoms with van der Waals surface area (Å²) in [5.74, 6) is 0.708. The van der Waals surface area contributed by atoms with Crippen LogP contribution >= 0.6 is 0 Å². The third-order valence-electron chi connectivity index (χ3n) is 2.80. The Morgan fingerprint density at radius 1 is 1.18 bits per heavy atom. The molecule has 0 aliphatic rings. The predicted octanol–water partition coefficient (Wildman–Crippen LogP) is 2.75. The van der Waals surface area contributed by atoms with Crippen LogP contribution in [0.1, 0.15) is 32.3 Å². The second kappa shape index (κ2) is 8.07. The highest BCUT2D eigenvalue weighted by molar-refractivity contribution is 5.20. The number of methoxy groups -OCH3 is 1. The van der Waals surface area contributed by atoms with Gasteiger partial charge in [-0.1, -0.05) is 13.8 Å². The number of hydrogen-bond acceptors (Lipinski definition) is 3. The summed E-state index contributed by atoms with van der Waals surface area (Å²) in [5.41, 5.74) is 1.30. The van der Waals surface area contributed by atoms with Crippen molar-refractivity contribution in [1.82, 2.24) is 9.88 Å². The van der Waals surface area contributed by atoms with Gasteiger partial charge < -0.3 is 9.64 Å². The van der Waals surface area contributed by atoms with Crippen LogP contribution in [0.15, 0.2) is 18.3 Å². The van der Waals surface area contributed by atoms with Crippen LogP contribution in [0, 0.1) is 0 Å². The van der Waals surface area contributed by atoms with Crippen molar-refractivity contribution >= 4 is 0 Å². The summed E-state index contributed by atoms with van der Waals surface area (Å²) < 4.78 is 5.13. The molecule has 0 spiro atoms. The van der Waals surface area contributed by atoms with Gasteiger partial charge in [0, 0.05) is 18.8 Å². The van der Waals surface area contributed by atoms with Crippen molar-refractivity contribution in [1.29, 1.82) is 0 Å². The van der Waals surface area contributed by atoms with Gasteiger partial charge in [0.2, 0.25) is 5.88 Å². The van der Waals surface area contributed by atoms with Crippen molar-refractivity contribution in [2.75, 3.05) is 26.7 Å². The molecule has 0 saturated carbocycles. The number of ether oxygens (including phenoxy) is 1. The minimum absolute atomic E-state index is 0.708. The van der Waals surface area contributed by atoms with E-state index in [1.165, 1.54) is 31.5 Å². The fraction of sp³-hybridized carbons (Fsp3) is 0.643. The molecule has 1 heterocycles. The van der Waals surface area contributed by atoms with Gasteiger partial charge in [-0.2, -0.15) is 0 Å². The Labute approximate surface area is 105 Å². The number of rotatable bonds is 8. The summed E-state index contributed by atoms with van der Waals surface area (Å²) >= 11 is 0. The van der Waals surface area contributed by atoms with Gasteiger partial charge in [0.25, 0.3) is 0 Å². The van der Waals surface area contributed by atoms with Gasteiger partial charge in [-0.25, -0.2) is 4.98 Å². The Kier molecular flexibility index (Phi) is 6.63. The molecular weight excluding hydrogens is 212 g/mol. The third-order valence-corrected chi connectivity index (χ3v) is 2.80.